The number of aliphatic hydroxyl groups is 1. The normalized spacial score (nSPS) is 17.7. The fourth-order valence-corrected chi connectivity index (χ4v) is 4.71. The Balaban J connectivity index is 0.00000124. The smallest absolute Gasteiger partial charge is 0.139 e. The lowest BCUT2D eigenvalue weighted by Crippen LogP contribution is -2.44. The van der Waals surface area contributed by atoms with Crippen molar-refractivity contribution in [2.45, 2.75) is 25.8 Å². The van der Waals surface area contributed by atoms with Gasteiger partial charge in [0.2, 0.25) is 0 Å². The number of anilines is 1. The monoisotopic (exact) mass is 475 g/mol. The van der Waals surface area contributed by atoms with Gasteiger partial charge in [-0.25, -0.2) is 9.97 Å². The number of fused-ring (bicyclic) bond motifs is 2. The van der Waals surface area contributed by atoms with Crippen LogP contribution in [0.1, 0.15) is 19.8 Å². The van der Waals surface area contributed by atoms with Gasteiger partial charge in [-0.05, 0) is 43.2 Å². The molecule has 35 heavy (non-hydrogen) atoms. The highest BCUT2D eigenvalue weighted by Gasteiger charge is 2.34. The second kappa shape index (κ2) is 9.81. The second-order valence-corrected chi connectivity index (χ2v) is 9.70. The lowest BCUT2D eigenvalue weighted by molar-refractivity contribution is -0.120. The molecule has 4 heterocycles. The van der Waals surface area contributed by atoms with E-state index in [0.717, 1.165) is 79.8 Å². The molecule has 0 spiro atoms. The zero-order valence-electron chi connectivity index (χ0n) is 20.4. The van der Waals surface area contributed by atoms with Crippen LogP contribution in [0.3, 0.4) is 0 Å². The largest absolute Gasteiger partial charge is 0.493 e. The molecule has 2 aliphatic heterocycles. The van der Waals surface area contributed by atoms with Gasteiger partial charge in [0, 0.05) is 43.1 Å². The predicted octanol–water partition coefficient (Wildman–Crippen LogP) is 3.53. The molecule has 184 valence electrons. The van der Waals surface area contributed by atoms with Crippen molar-refractivity contribution in [2.75, 3.05) is 44.9 Å². The van der Waals surface area contributed by atoms with Crippen LogP contribution >= 0.6 is 0 Å². The Bertz CT molecular complexity index is 1310. The van der Waals surface area contributed by atoms with Crippen LogP contribution in [0.5, 0.6) is 5.75 Å². The molecule has 0 saturated carbocycles. The van der Waals surface area contributed by atoms with Crippen molar-refractivity contribution >= 4 is 27.6 Å². The average Bonchev–Trinajstić information content (AvgIpc) is 3.31. The Labute approximate surface area is 205 Å². The van der Waals surface area contributed by atoms with Gasteiger partial charge in [-0.2, -0.15) is 0 Å². The Morgan fingerprint density at radius 3 is 2.66 bits per heavy atom. The van der Waals surface area contributed by atoms with Crippen molar-refractivity contribution in [2.24, 2.45) is 11.1 Å². The maximum Gasteiger partial charge on any atom is 0.139 e. The lowest BCUT2D eigenvalue weighted by atomic mass is 9.90. The van der Waals surface area contributed by atoms with E-state index >= 15 is 0 Å². The summed E-state index contributed by atoms with van der Waals surface area (Å²) >= 11 is 0. The quantitative estimate of drug-likeness (QED) is 0.456. The van der Waals surface area contributed by atoms with Crippen LogP contribution in [0.4, 0.5) is 5.69 Å². The van der Waals surface area contributed by atoms with Gasteiger partial charge in [-0.15, -0.1) is 0 Å². The van der Waals surface area contributed by atoms with Crippen molar-refractivity contribution in [1.82, 2.24) is 14.5 Å². The maximum atomic E-state index is 7.00. The van der Waals surface area contributed by atoms with Gasteiger partial charge < -0.3 is 25.2 Å². The number of para-hydroxylation sites is 1. The zero-order chi connectivity index (χ0) is 24.4. The summed E-state index contributed by atoms with van der Waals surface area (Å²) in [6.07, 6.45) is 3.86. The first-order valence-electron chi connectivity index (χ1n) is 12.1. The van der Waals surface area contributed by atoms with E-state index in [-0.39, 0.29) is 5.41 Å². The molecule has 2 fully saturated rings. The first-order valence-corrected chi connectivity index (χ1v) is 12.1. The predicted molar refractivity (Wildman–Crippen MR) is 138 cm³/mol. The lowest BCUT2D eigenvalue weighted by Gasteiger charge is -2.37. The van der Waals surface area contributed by atoms with Gasteiger partial charge in [0.05, 0.1) is 42.1 Å². The average molecular weight is 476 g/mol. The highest BCUT2D eigenvalue weighted by atomic mass is 16.5. The molecule has 4 aromatic rings. The van der Waals surface area contributed by atoms with E-state index in [4.69, 9.17) is 25.3 Å². The highest BCUT2D eigenvalue weighted by molar-refractivity contribution is 5.92. The van der Waals surface area contributed by atoms with Crippen LogP contribution < -0.4 is 15.4 Å². The van der Waals surface area contributed by atoms with Crippen LogP contribution in [-0.4, -0.2) is 65.7 Å². The molecule has 0 atom stereocenters. The number of piperidine rings is 1. The van der Waals surface area contributed by atoms with Gasteiger partial charge in [0.1, 0.15) is 17.9 Å². The van der Waals surface area contributed by atoms with Crippen molar-refractivity contribution in [3.8, 4) is 11.6 Å². The molecule has 2 aromatic carbocycles. The minimum Gasteiger partial charge on any atom is -0.493 e. The number of nitrogens with zero attached hydrogens (tertiary/aromatic N) is 4. The van der Waals surface area contributed by atoms with Crippen molar-refractivity contribution in [3.63, 3.8) is 0 Å². The third-order valence-electron chi connectivity index (χ3n) is 6.82. The first kappa shape index (κ1) is 23.5. The number of aromatic nitrogens is 3. The van der Waals surface area contributed by atoms with E-state index in [1.165, 1.54) is 5.69 Å². The van der Waals surface area contributed by atoms with Crippen molar-refractivity contribution in [3.05, 3.63) is 54.9 Å². The SMILES string of the molecule is CC1(COc2ccc3c(c2)ncn3-c2ccc3cccc(N4CCC(N)CC4)c3n2)COC1.CO. The van der Waals surface area contributed by atoms with E-state index in [2.05, 4.69) is 53.2 Å². The number of rotatable bonds is 5. The van der Waals surface area contributed by atoms with Crippen molar-refractivity contribution in [1.29, 1.82) is 0 Å². The minimum atomic E-state index is 0.112. The summed E-state index contributed by atoms with van der Waals surface area (Å²) in [4.78, 5) is 12.1. The number of pyridine rings is 1. The molecular weight excluding hydrogens is 442 g/mol. The highest BCUT2D eigenvalue weighted by Crippen LogP contribution is 2.31. The molecule has 0 aliphatic carbocycles. The van der Waals surface area contributed by atoms with E-state index in [9.17, 15) is 0 Å². The summed E-state index contributed by atoms with van der Waals surface area (Å²) in [5.74, 6) is 1.69. The standard InChI is InChI=1S/C26H29N5O2.CH4O/c1-26(14-32-15-26)16-33-20-6-7-22-21(13-20)28-17-31(22)24-8-5-18-3-2-4-23(25(18)29-24)30-11-9-19(27)10-12-30;1-2/h2-8,13,17,19H,9-12,14-16,27H2,1H3;2H,1H3. The molecule has 0 bridgehead atoms. The summed E-state index contributed by atoms with van der Waals surface area (Å²) in [5.41, 5.74) is 10.3. The molecule has 2 aromatic heterocycles. The van der Waals surface area contributed by atoms with Crippen LogP contribution in [-0.2, 0) is 4.74 Å². The van der Waals surface area contributed by atoms with E-state index in [0.29, 0.717) is 12.6 Å². The zero-order valence-corrected chi connectivity index (χ0v) is 20.4. The minimum absolute atomic E-state index is 0.112. The fraction of sp³-hybridized carbons (Fsp3) is 0.407. The molecule has 0 amide bonds. The number of hydrogen-bond acceptors (Lipinski definition) is 7. The van der Waals surface area contributed by atoms with Gasteiger partial charge in [0.15, 0.2) is 0 Å². The second-order valence-electron chi connectivity index (χ2n) is 9.70. The van der Waals surface area contributed by atoms with Gasteiger partial charge in [-0.1, -0.05) is 19.1 Å². The maximum absolute atomic E-state index is 7.00. The van der Waals surface area contributed by atoms with E-state index < -0.39 is 0 Å². The van der Waals surface area contributed by atoms with Crippen LogP contribution in [0.25, 0.3) is 27.8 Å². The van der Waals surface area contributed by atoms with Gasteiger partial charge >= 0.3 is 0 Å². The number of nitrogens with two attached hydrogens (primary N) is 1. The summed E-state index contributed by atoms with van der Waals surface area (Å²) in [6, 6.07) is 17.0. The number of hydrogen-bond donors (Lipinski definition) is 2. The summed E-state index contributed by atoms with van der Waals surface area (Å²) in [7, 11) is 1.00. The number of ether oxygens (including phenoxy) is 2. The summed E-state index contributed by atoms with van der Waals surface area (Å²) in [6.45, 7) is 6.27. The topological polar surface area (TPSA) is 98.7 Å². The van der Waals surface area contributed by atoms with Crippen LogP contribution in [0.15, 0.2) is 54.9 Å². The number of aliphatic hydroxyl groups excluding tert-OH is 1. The molecule has 8 nitrogen and oxygen atoms in total. The van der Waals surface area contributed by atoms with Crippen LogP contribution in [0.2, 0.25) is 0 Å². The third kappa shape index (κ3) is 4.69. The van der Waals surface area contributed by atoms with Gasteiger partial charge in [0.25, 0.3) is 0 Å². The van der Waals surface area contributed by atoms with E-state index in [1.54, 1.807) is 0 Å². The molecule has 0 radical (unpaired) electrons. The fourth-order valence-electron chi connectivity index (χ4n) is 4.71. The Hall–Kier alpha value is -3.20. The summed E-state index contributed by atoms with van der Waals surface area (Å²) in [5, 5.41) is 8.14. The molecule has 2 saturated heterocycles. The molecule has 3 N–H and O–H groups in total. The van der Waals surface area contributed by atoms with Gasteiger partial charge in [-0.3, -0.25) is 4.57 Å². The van der Waals surface area contributed by atoms with Crippen LogP contribution in [0, 0.1) is 5.41 Å². The Morgan fingerprint density at radius 2 is 1.91 bits per heavy atom. The number of benzene rings is 2. The number of imidazole rings is 1. The summed E-state index contributed by atoms with van der Waals surface area (Å²) < 4.78 is 13.4. The molecule has 8 heteroatoms. The molecule has 2 aliphatic rings. The molecular formula is C27H33N5O3. The van der Waals surface area contributed by atoms with E-state index in [1.807, 2.05) is 23.0 Å². The Morgan fingerprint density at radius 1 is 1.11 bits per heavy atom. The van der Waals surface area contributed by atoms with Crippen molar-refractivity contribution < 1.29 is 14.6 Å². The first-order chi connectivity index (χ1) is 17.1. The molecule has 6 rings (SSSR count). The Kier molecular flexibility index (Phi) is 6.60. The molecule has 0 unspecified atom stereocenters. The third-order valence-corrected chi connectivity index (χ3v) is 6.82.